The smallest absolute Gasteiger partial charge is 0.0945 e. The van der Waals surface area contributed by atoms with Gasteiger partial charge in [0.15, 0.2) is 0 Å². The van der Waals surface area contributed by atoms with Gasteiger partial charge in [0.1, 0.15) is 0 Å². The molecule has 0 aliphatic rings. The average molecular weight is 298 g/mol. The van der Waals surface area contributed by atoms with Crippen LogP contribution in [0.4, 0.5) is 5.69 Å². The van der Waals surface area contributed by atoms with Gasteiger partial charge in [0.2, 0.25) is 0 Å². The minimum atomic E-state index is -4.08. The number of hydrogen-bond acceptors (Lipinski definition) is 4. The average Bonchev–Trinajstić information content (AvgIpc) is 2.29. The lowest BCUT2D eigenvalue weighted by molar-refractivity contribution is 0.460. The highest BCUT2D eigenvalue weighted by molar-refractivity contribution is 7.85. The van der Waals surface area contributed by atoms with Crippen molar-refractivity contribution in [2.24, 2.45) is 0 Å². The third kappa shape index (κ3) is 5.13. The second kappa shape index (κ2) is 7.09. The lowest BCUT2D eigenvalue weighted by Crippen LogP contribution is -2.26. The Balaban J connectivity index is 2.72. The summed E-state index contributed by atoms with van der Waals surface area (Å²) >= 11 is 0. The van der Waals surface area contributed by atoms with Gasteiger partial charge in [-0.25, -0.2) is 8.42 Å². The second-order valence-electron chi connectivity index (χ2n) is 5.30. The standard InChI is InChI=1S/C15H25NO3S/c1-5-16(8-6-7-9-20(17,18)19)15-13(3)10-12(2)11-14(15)4/h10-11H,5-9H2,1-4H3,(H,17,18,19)/p-1. The van der Waals surface area contributed by atoms with Gasteiger partial charge in [-0.2, -0.15) is 0 Å². The van der Waals surface area contributed by atoms with E-state index in [9.17, 15) is 13.0 Å². The maximum absolute atomic E-state index is 10.6. The van der Waals surface area contributed by atoms with Gasteiger partial charge in [-0.3, -0.25) is 0 Å². The first-order chi connectivity index (χ1) is 9.24. The van der Waals surface area contributed by atoms with Crippen molar-refractivity contribution in [1.82, 2.24) is 0 Å². The third-order valence-corrected chi connectivity index (χ3v) is 4.19. The molecule has 0 saturated heterocycles. The molecule has 1 aromatic carbocycles. The van der Waals surface area contributed by atoms with Gasteiger partial charge in [0.25, 0.3) is 0 Å². The zero-order valence-corrected chi connectivity index (χ0v) is 13.6. The molecular weight excluding hydrogens is 274 g/mol. The van der Waals surface area contributed by atoms with E-state index in [2.05, 4.69) is 44.7 Å². The maximum atomic E-state index is 10.6. The van der Waals surface area contributed by atoms with E-state index in [-0.39, 0.29) is 5.75 Å². The van der Waals surface area contributed by atoms with Crippen LogP contribution in [0.3, 0.4) is 0 Å². The molecule has 0 fully saturated rings. The fourth-order valence-corrected chi connectivity index (χ4v) is 3.24. The number of rotatable bonds is 7. The van der Waals surface area contributed by atoms with Crippen LogP contribution >= 0.6 is 0 Å². The summed E-state index contributed by atoms with van der Waals surface area (Å²) in [5.74, 6) is -0.267. The molecule has 0 spiro atoms. The molecule has 0 N–H and O–H groups in total. The molecule has 0 aliphatic carbocycles. The summed E-state index contributed by atoms with van der Waals surface area (Å²) in [7, 11) is -4.08. The quantitative estimate of drug-likeness (QED) is 0.573. The Labute approximate surface area is 122 Å². The highest BCUT2D eigenvalue weighted by Gasteiger charge is 2.11. The monoisotopic (exact) mass is 298 g/mol. The summed E-state index contributed by atoms with van der Waals surface area (Å²) in [6.07, 6.45) is 1.13. The molecule has 0 unspecified atom stereocenters. The summed E-state index contributed by atoms with van der Waals surface area (Å²) in [6.45, 7) is 10.0. The lowest BCUT2D eigenvalue weighted by atomic mass is 10.0. The molecule has 0 bridgehead atoms. The Hall–Kier alpha value is -1.07. The van der Waals surface area contributed by atoms with Crippen LogP contribution in [-0.2, 0) is 10.1 Å². The molecule has 114 valence electrons. The second-order valence-corrected chi connectivity index (χ2v) is 6.82. The molecule has 0 aliphatic heterocycles. The number of anilines is 1. The minimum Gasteiger partial charge on any atom is -0.748 e. The summed E-state index contributed by atoms with van der Waals surface area (Å²) in [6, 6.07) is 4.32. The zero-order chi connectivity index (χ0) is 15.3. The van der Waals surface area contributed by atoms with Crippen LogP contribution in [0.2, 0.25) is 0 Å². The predicted molar refractivity (Wildman–Crippen MR) is 82.3 cm³/mol. The van der Waals surface area contributed by atoms with Crippen molar-refractivity contribution in [3.05, 3.63) is 28.8 Å². The lowest BCUT2D eigenvalue weighted by Gasteiger charge is -2.27. The van der Waals surface area contributed by atoms with E-state index < -0.39 is 10.1 Å². The van der Waals surface area contributed by atoms with Gasteiger partial charge in [-0.15, -0.1) is 0 Å². The summed E-state index contributed by atoms with van der Waals surface area (Å²) in [5.41, 5.74) is 4.95. The highest BCUT2D eigenvalue weighted by Crippen LogP contribution is 2.26. The molecule has 0 radical (unpaired) electrons. The van der Waals surface area contributed by atoms with Crippen molar-refractivity contribution in [1.29, 1.82) is 0 Å². The van der Waals surface area contributed by atoms with Crippen LogP contribution in [0.1, 0.15) is 36.5 Å². The Kier molecular flexibility index (Phi) is 6.02. The van der Waals surface area contributed by atoms with Gasteiger partial charge < -0.3 is 9.45 Å². The topological polar surface area (TPSA) is 60.4 Å². The Morgan fingerprint density at radius 3 is 2.10 bits per heavy atom. The van der Waals surface area contributed by atoms with Crippen LogP contribution in [0.25, 0.3) is 0 Å². The minimum absolute atomic E-state index is 0.267. The van der Waals surface area contributed by atoms with Crippen LogP contribution in [0, 0.1) is 20.8 Å². The molecule has 0 atom stereocenters. The van der Waals surface area contributed by atoms with Crippen LogP contribution in [0.5, 0.6) is 0 Å². The predicted octanol–water partition coefficient (Wildman–Crippen LogP) is 2.76. The van der Waals surface area contributed by atoms with E-state index in [1.165, 1.54) is 22.4 Å². The number of nitrogens with zero attached hydrogens (tertiary/aromatic N) is 1. The van der Waals surface area contributed by atoms with E-state index in [0.717, 1.165) is 13.1 Å². The van der Waals surface area contributed by atoms with Gasteiger partial charge >= 0.3 is 0 Å². The van der Waals surface area contributed by atoms with Gasteiger partial charge in [0.05, 0.1) is 10.1 Å². The van der Waals surface area contributed by atoms with E-state index in [1.54, 1.807) is 0 Å². The van der Waals surface area contributed by atoms with E-state index in [1.807, 2.05) is 0 Å². The third-order valence-electron chi connectivity index (χ3n) is 3.41. The van der Waals surface area contributed by atoms with Crippen molar-refractivity contribution in [2.75, 3.05) is 23.7 Å². The first-order valence-electron chi connectivity index (χ1n) is 7.01. The molecule has 4 nitrogen and oxygen atoms in total. The maximum Gasteiger partial charge on any atom is 0.0945 e. The molecule has 20 heavy (non-hydrogen) atoms. The fourth-order valence-electron chi connectivity index (χ4n) is 2.68. The van der Waals surface area contributed by atoms with Crippen LogP contribution < -0.4 is 4.90 Å². The molecular formula is C15H24NO3S-. The van der Waals surface area contributed by atoms with Crippen LogP contribution in [0.15, 0.2) is 12.1 Å². The Morgan fingerprint density at radius 1 is 1.10 bits per heavy atom. The van der Waals surface area contributed by atoms with Crippen molar-refractivity contribution >= 4 is 15.8 Å². The molecule has 0 amide bonds. The molecule has 1 aromatic rings. The first kappa shape index (κ1) is 17.0. The molecule has 5 heteroatoms. The SMILES string of the molecule is CCN(CCCCS(=O)(=O)[O-])c1c(C)cc(C)cc1C. The number of benzene rings is 1. The molecule has 0 heterocycles. The number of hydrogen-bond donors (Lipinski definition) is 0. The van der Waals surface area contributed by atoms with E-state index >= 15 is 0 Å². The van der Waals surface area contributed by atoms with Crippen molar-refractivity contribution in [3.63, 3.8) is 0 Å². The Morgan fingerprint density at radius 2 is 1.65 bits per heavy atom. The van der Waals surface area contributed by atoms with E-state index in [4.69, 9.17) is 0 Å². The van der Waals surface area contributed by atoms with E-state index in [0.29, 0.717) is 12.8 Å². The van der Waals surface area contributed by atoms with Crippen molar-refractivity contribution in [2.45, 2.75) is 40.5 Å². The largest absolute Gasteiger partial charge is 0.748 e. The molecule has 1 rings (SSSR count). The number of aryl methyl sites for hydroxylation is 3. The molecule has 0 aromatic heterocycles. The van der Waals surface area contributed by atoms with Gasteiger partial charge in [0, 0.05) is 24.5 Å². The van der Waals surface area contributed by atoms with Crippen molar-refractivity contribution < 1.29 is 13.0 Å². The Bertz CT molecular complexity index is 529. The summed E-state index contributed by atoms with van der Waals surface area (Å²) in [5, 5.41) is 0. The first-order valence-corrected chi connectivity index (χ1v) is 8.58. The molecule has 0 saturated carbocycles. The van der Waals surface area contributed by atoms with Crippen molar-refractivity contribution in [3.8, 4) is 0 Å². The summed E-state index contributed by atoms with van der Waals surface area (Å²) < 4.78 is 31.8. The zero-order valence-electron chi connectivity index (χ0n) is 12.8. The van der Waals surface area contributed by atoms with Crippen LogP contribution in [-0.4, -0.2) is 31.8 Å². The fraction of sp³-hybridized carbons (Fsp3) is 0.600. The summed E-state index contributed by atoms with van der Waals surface area (Å²) in [4.78, 5) is 2.25. The normalized spacial score (nSPS) is 11.7. The van der Waals surface area contributed by atoms with Gasteiger partial charge in [-0.1, -0.05) is 17.7 Å². The van der Waals surface area contributed by atoms with Gasteiger partial charge in [-0.05, 0) is 51.7 Å². The highest BCUT2D eigenvalue weighted by atomic mass is 32.2. The number of unbranched alkanes of at least 4 members (excludes halogenated alkanes) is 1.